The summed E-state index contributed by atoms with van der Waals surface area (Å²) in [6.07, 6.45) is 2.31. The molecule has 2 N–H and O–H groups in total. The predicted molar refractivity (Wildman–Crippen MR) is 91.5 cm³/mol. The van der Waals surface area contributed by atoms with Crippen LogP contribution in [0.5, 0.6) is 0 Å². The van der Waals surface area contributed by atoms with E-state index in [1.165, 1.54) is 0 Å². The monoisotopic (exact) mass is 362 g/mol. The molecule has 1 unspecified atom stereocenters. The molecular weight excluding hydrogens is 342 g/mol. The topological polar surface area (TPSA) is 67.1 Å². The Kier molecular flexibility index (Phi) is 6.00. The smallest absolute Gasteiger partial charge is 0.241 e. The summed E-state index contributed by atoms with van der Waals surface area (Å²) >= 11 is 6.15. The van der Waals surface area contributed by atoms with Gasteiger partial charge in [0.05, 0.1) is 12.2 Å². The lowest BCUT2D eigenvalue weighted by atomic mass is 10.1. The number of halogens is 3. The third-order valence-electron chi connectivity index (χ3n) is 4.15. The first-order valence-corrected chi connectivity index (χ1v) is 8.00. The molecule has 128 valence electrons. The molecule has 1 fully saturated rings. The third kappa shape index (κ3) is 3.67. The largest absolute Gasteiger partial charge is 0.347 e. The van der Waals surface area contributed by atoms with Gasteiger partial charge in [0.25, 0.3) is 0 Å². The van der Waals surface area contributed by atoms with Gasteiger partial charge in [-0.05, 0) is 19.4 Å². The number of hydrogen-bond acceptors (Lipinski definition) is 5. The van der Waals surface area contributed by atoms with Gasteiger partial charge in [-0.2, -0.15) is 0 Å². The maximum Gasteiger partial charge on any atom is 0.241 e. The SMILES string of the molecule is CCC(C)c1nc(Cl)c2cnc(N[C@@H]3CCNC[C@@H]3F)nn12.Cl. The van der Waals surface area contributed by atoms with Gasteiger partial charge in [-0.15, -0.1) is 17.5 Å². The highest BCUT2D eigenvalue weighted by Gasteiger charge is 2.25. The van der Waals surface area contributed by atoms with Crippen LogP contribution in [0, 0.1) is 0 Å². The van der Waals surface area contributed by atoms with E-state index in [1.54, 1.807) is 10.7 Å². The van der Waals surface area contributed by atoms with Crippen LogP contribution in [0.2, 0.25) is 5.15 Å². The number of anilines is 1. The van der Waals surface area contributed by atoms with E-state index in [4.69, 9.17) is 11.6 Å². The highest BCUT2D eigenvalue weighted by atomic mass is 35.5. The molecular formula is C14H21Cl2FN6. The molecule has 0 spiro atoms. The van der Waals surface area contributed by atoms with Crippen LogP contribution < -0.4 is 10.6 Å². The Hall–Kier alpha value is -1.18. The second-order valence-electron chi connectivity index (χ2n) is 5.71. The van der Waals surface area contributed by atoms with Crippen molar-refractivity contribution in [3.05, 3.63) is 17.2 Å². The van der Waals surface area contributed by atoms with Crippen LogP contribution in [0.4, 0.5) is 10.3 Å². The average molecular weight is 363 g/mol. The van der Waals surface area contributed by atoms with Crippen LogP contribution in [0.3, 0.4) is 0 Å². The van der Waals surface area contributed by atoms with Crippen molar-refractivity contribution in [3.63, 3.8) is 0 Å². The minimum absolute atomic E-state index is 0. The molecule has 0 aromatic carbocycles. The summed E-state index contributed by atoms with van der Waals surface area (Å²) in [6, 6.07) is -0.273. The molecule has 0 bridgehead atoms. The van der Waals surface area contributed by atoms with Gasteiger partial charge in [0.2, 0.25) is 5.95 Å². The summed E-state index contributed by atoms with van der Waals surface area (Å²) in [5, 5.41) is 11.0. The quantitative estimate of drug-likeness (QED) is 0.875. The molecule has 2 aromatic heterocycles. The van der Waals surface area contributed by atoms with Crippen molar-refractivity contribution in [2.45, 2.75) is 44.8 Å². The standard InChI is InChI=1S/C14H20ClFN6.ClH/c1-3-8(2)13-20-12(15)11-7-18-14(21-22(11)13)19-10-4-5-17-6-9(10)16;/h7-10,17H,3-6H2,1-2H3,(H,19,21);1H/t8?,9-,10+;/m0./s1. The fourth-order valence-electron chi connectivity index (χ4n) is 2.59. The molecule has 3 rings (SSSR count). The van der Waals surface area contributed by atoms with Gasteiger partial charge in [-0.3, -0.25) is 0 Å². The lowest BCUT2D eigenvalue weighted by molar-refractivity contribution is 0.244. The fourth-order valence-corrected chi connectivity index (χ4v) is 2.80. The first kappa shape index (κ1) is 18.2. The fraction of sp³-hybridized carbons (Fsp3) is 0.643. The van der Waals surface area contributed by atoms with Crippen molar-refractivity contribution < 1.29 is 4.39 Å². The average Bonchev–Trinajstić information content (AvgIpc) is 2.85. The van der Waals surface area contributed by atoms with Crippen molar-refractivity contribution >= 4 is 35.5 Å². The first-order valence-electron chi connectivity index (χ1n) is 7.62. The molecule has 3 heterocycles. The normalized spacial score (nSPS) is 22.6. The highest BCUT2D eigenvalue weighted by molar-refractivity contribution is 6.32. The van der Waals surface area contributed by atoms with Crippen molar-refractivity contribution in [1.82, 2.24) is 24.9 Å². The molecule has 0 amide bonds. The Morgan fingerprint density at radius 3 is 3.04 bits per heavy atom. The summed E-state index contributed by atoms with van der Waals surface area (Å²) in [5.41, 5.74) is 0.671. The lowest BCUT2D eigenvalue weighted by Crippen LogP contribution is -2.45. The number of rotatable bonds is 4. The van der Waals surface area contributed by atoms with Crippen molar-refractivity contribution in [2.75, 3.05) is 18.4 Å². The van der Waals surface area contributed by atoms with E-state index in [9.17, 15) is 4.39 Å². The lowest BCUT2D eigenvalue weighted by Gasteiger charge is -2.27. The number of alkyl halides is 1. The number of nitrogens with zero attached hydrogens (tertiary/aromatic N) is 4. The zero-order valence-corrected chi connectivity index (χ0v) is 14.7. The number of hydrogen-bond donors (Lipinski definition) is 2. The molecule has 1 aliphatic heterocycles. The number of imidazole rings is 1. The van der Waals surface area contributed by atoms with Gasteiger partial charge in [0, 0.05) is 12.5 Å². The van der Waals surface area contributed by atoms with Gasteiger partial charge >= 0.3 is 0 Å². The van der Waals surface area contributed by atoms with Crippen molar-refractivity contribution in [3.8, 4) is 0 Å². The summed E-state index contributed by atoms with van der Waals surface area (Å²) < 4.78 is 15.6. The number of nitrogens with one attached hydrogen (secondary N) is 2. The van der Waals surface area contributed by atoms with Crippen LogP contribution in [-0.2, 0) is 0 Å². The Labute approximate surface area is 145 Å². The zero-order valence-electron chi connectivity index (χ0n) is 13.1. The molecule has 6 nitrogen and oxygen atoms in total. The van der Waals surface area contributed by atoms with Gasteiger partial charge in [-0.1, -0.05) is 25.4 Å². The minimum Gasteiger partial charge on any atom is -0.347 e. The van der Waals surface area contributed by atoms with E-state index in [0.717, 1.165) is 18.8 Å². The van der Waals surface area contributed by atoms with E-state index in [1.807, 2.05) is 0 Å². The summed E-state index contributed by atoms with van der Waals surface area (Å²) in [4.78, 5) is 8.62. The third-order valence-corrected chi connectivity index (χ3v) is 4.43. The molecule has 2 aromatic rings. The summed E-state index contributed by atoms with van der Waals surface area (Å²) in [5.74, 6) is 1.44. The molecule has 0 aliphatic carbocycles. The van der Waals surface area contributed by atoms with E-state index in [-0.39, 0.29) is 24.4 Å². The maximum absolute atomic E-state index is 13.9. The Bertz CT molecular complexity index is 664. The van der Waals surface area contributed by atoms with E-state index < -0.39 is 6.17 Å². The van der Waals surface area contributed by atoms with Crippen LogP contribution in [0.15, 0.2) is 6.20 Å². The Balaban J connectivity index is 0.00000192. The molecule has 23 heavy (non-hydrogen) atoms. The van der Waals surface area contributed by atoms with Crippen LogP contribution in [0.1, 0.15) is 38.4 Å². The highest BCUT2D eigenvalue weighted by Crippen LogP contribution is 2.24. The Morgan fingerprint density at radius 2 is 2.35 bits per heavy atom. The minimum atomic E-state index is -0.951. The van der Waals surface area contributed by atoms with E-state index in [0.29, 0.717) is 29.6 Å². The van der Waals surface area contributed by atoms with Crippen molar-refractivity contribution in [2.24, 2.45) is 0 Å². The molecule has 0 saturated carbocycles. The molecule has 1 saturated heterocycles. The predicted octanol–water partition coefficient (Wildman–Crippen LogP) is 2.82. The van der Waals surface area contributed by atoms with Gasteiger partial charge in [0.1, 0.15) is 17.5 Å². The number of fused-ring (bicyclic) bond motifs is 1. The van der Waals surface area contributed by atoms with Gasteiger partial charge in [0.15, 0.2) is 5.15 Å². The Morgan fingerprint density at radius 1 is 1.57 bits per heavy atom. The zero-order chi connectivity index (χ0) is 15.7. The van der Waals surface area contributed by atoms with Crippen LogP contribution in [0.25, 0.3) is 5.52 Å². The second kappa shape index (κ2) is 7.59. The number of aromatic nitrogens is 4. The summed E-state index contributed by atoms with van der Waals surface area (Å²) in [6.45, 7) is 5.30. The number of piperidine rings is 1. The molecule has 3 atom stereocenters. The molecule has 1 aliphatic rings. The molecule has 0 radical (unpaired) electrons. The van der Waals surface area contributed by atoms with Crippen LogP contribution >= 0.6 is 24.0 Å². The summed E-state index contributed by atoms with van der Waals surface area (Å²) in [7, 11) is 0. The second-order valence-corrected chi connectivity index (χ2v) is 6.07. The maximum atomic E-state index is 13.9. The van der Waals surface area contributed by atoms with Gasteiger partial charge in [-0.25, -0.2) is 18.9 Å². The van der Waals surface area contributed by atoms with E-state index in [2.05, 4.69) is 39.5 Å². The molecule has 9 heteroatoms. The van der Waals surface area contributed by atoms with Gasteiger partial charge < -0.3 is 10.6 Å². The van der Waals surface area contributed by atoms with Crippen molar-refractivity contribution in [1.29, 1.82) is 0 Å². The van der Waals surface area contributed by atoms with E-state index >= 15 is 0 Å². The first-order chi connectivity index (χ1) is 10.6. The van der Waals surface area contributed by atoms with Crippen LogP contribution in [-0.4, -0.2) is 44.9 Å².